The van der Waals surface area contributed by atoms with Crippen LogP contribution in [0.25, 0.3) is 0 Å². The van der Waals surface area contributed by atoms with Gasteiger partial charge in [-0.25, -0.2) is 0 Å². The lowest BCUT2D eigenvalue weighted by Crippen LogP contribution is -2.28. The molecular formula is C12H26N2O. The van der Waals surface area contributed by atoms with Crippen molar-refractivity contribution in [3.05, 3.63) is 0 Å². The second kappa shape index (κ2) is 8.72. The van der Waals surface area contributed by atoms with Crippen LogP contribution < -0.4 is 5.32 Å². The quantitative estimate of drug-likeness (QED) is 0.761. The van der Waals surface area contributed by atoms with Crippen LogP contribution >= 0.6 is 0 Å². The molecule has 0 bridgehead atoms. The molecule has 3 heteroatoms. The minimum Gasteiger partial charge on any atom is -0.356 e. The number of nitrogens with one attached hydrogen (secondary N) is 1. The van der Waals surface area contributed by atoms with Gasteiger partial charge in [-0.05, 0) is 39.9 Å². The Balaban J connectivity index is 0.000000336. The average molecular weight is 214 g/mol. The molecule has 0 aromatic heterocycles. The van der Waals surface area contributed by atoms with Crippen molar-refractivity contribution in [1.29, 1.82) is 0 Å². The lowest BCUT2D eigenvalue weighted by Gasteiger charge is -2.08. The Labute approximate surface area is 94.2 Å². The first-order chi connectivity index (χ1) is 7.11. The molecule has 0 aromatic carbocycles. The van der Waals surface area contributed by atoms with Crippen LogP contribution in [0.5, 0.6) is 0 Å². The van der Waals surface area contributed by atoms with Crippen LogP contribution in [0.15, 0.2) is 0 Å². The minimum atomic E-state index is 0.264. The van der Waals surface area contributed by atoms with E-state index in [-0.39, 0.29) is 5.91 Å². The normalized spacial score (nSPS) is 21.4. The van der Waals surface area contributed by atoms with Crippen LogP contribution in [0.1, 0.15) is 39.5 Å². The molecule has 15 heavy (non-hydrogen) atoms. The van der Waals surface area contributed by atoms with E-state index in [0.29, 0.717) is 5.92 Å². The Morgan fingerprint density at radius 3 is 2.40 bits per heavy atom. The molecule has 0 spiro atoms. The topological polar surface area (TPSA) is 32.3 Å². The summed E-state index contributed by atoms with van der Waals surface area (Å²) in [5.41, 5.74) is 0. The summed E-state index contributed by atoms with van der Waals surface area (Å²) in [6, 6.07) is 0. The first kappa shape index (κ1) is 14.4. The molecular weight excluding hydrogens is 188 g/mol. The van der Waals surface area contributed by atoms with Crippen molar-refractivity contribution >= 4 is 5.91 Å². The van der Waals surface area contributed by atoms with Crippen molar-refractivity contribution in [2.75, 3.05) is 27.2 Å². The van der Waals surface area contributed by atoms with E-state index in [1.54, 1.807) is 0 Å². The van der Waals surface area contributed by atoms with Crippen LogP contribution in [0.4, 0.5) is 0 Å². The molecule has 1 atom stereocenters. The number of hydrogen-bond acceptors (Lipinski definition) is 2. The lowest BCUT2D eigenvalue weighted by atomic mass is 10.0. The molecule has 1 amide bonds. The third-order valence-electron chi connectivity index (χ3n) is 2.77. The maximum atomic E-state index is 11.1. The summed E-state index contributed by atoms with van der Waals surface area (Å²) in [7, 11) is 4.11. The summed E-state index contributed by atoms with van der Waals surface area (Å²) >= 11 is 0. The van der Waals surface area contributed by atoms with Gasteiger partial charge in [-0.3, -0.25) is 4.79 Å². The Kier molecular flexibility index (Phi) is 8.38. The molecule has 1 saturated heterocycles. The fourth-order valence-corrected chi connectivity index (χ4v) is 1.39. The van der Waals surface area contributed by atoms with Crippen molar-refractivity contribution in [2.24, 2.45) is 5.92 Å². The zero-order valence-electron chi connectivity index (χ0n) is 10.7. The fraction of sp³-hybridized carbons (Fsp3) is 0.917. The molecule has 1 rings (SSSR count). The molecule has 0 radical (unpaired) electrons. The summed E-state index contributed by atoms with van der Waals surface area (Å²) in [4.78, 5) is 13.3. The molecule has 1 fully saturated rings. The average Bonchev–Trinajstić information content (AvgIpc) is 2.43. The lowest BCUT2D eigenvalue weighted by molar-refractivity contribution is -0.124. The van der Waals surface area contributed by atoms with Gasteiger partial charge in [0.15, 0.2) is 0 Å². The van der Waals surface area contributed by atoms with Gasteiger partial charge in [-0.15, -0.1) is 0 Å². The Morgan fingerprint density at radius 2 is 1.93 bits per heavy atom. The molecule has 1 aliphatic heterocycles. The number of nitrogens with zero attached hydrogens (tertiary/aromatic N) is 1. The Hall–Kier alpha value is -0.570. The molecule has 90 valence electrons. The van der Waals surface area contributed by atoms with E-state index >= 15 is 0 Å². The predicted octanol–water partition coefficient (Wildman–Crippen LogP) is 1.88. The largest absolute Gasteiger partial charge is 0.356 e. The van der Waals surface area contributed by atoms with Gasteiger partial charge in [0.25, 0.3) is 0 Å². The van der Waals surface area contributed by atoms with Gasteiger partial charge < -0.3 is 10.2 Å². The molecule has 0 aliphatic carbocycles. The monoisotopic (exact) mass is 214 g/mol. The van der Waals surface area contributed by atoms with Gasteiger partial charge in [-0.1, -0.05) is 20.3 Å². The molecule has 3 nitrogen and oxygen atoms in total. The molecule has 0 saturated carbocycles. The van der Waals surface area contributed by atoms with Crippen LogP contribution in [0.2, 0.25) is 0 Å². The van der Waals surface area contributed by atoms with Gasteiger partial charge in [-0.2, -0.15) is 0 Å². The van der Waals surface area contributed by atoms with Crippen LogP contribution in [0.3, 0.4) is 0 Å². The van der Waals surface area contributed by atoms with E-state index in [4.69, 9.17) is 0 Å². The van der Waals surface area contributed by atoms with Crippen molar-refractivity contribution in [2.45, 2.75) is 39.5 Å². The van der Waals surface area contributed by atoms with Crippen LogP contribution in [-0.4, -0.2) is 38.0 Å². The fourth-order valence-electron chi connectivity index (χ4n) is 1.39. The minimum absolute atomic E-state index is 0.264. The molecule has 1 aliphatic rings. The van der Waals surface area contributed by atoms with Gasteiger partial charge in [0.05, 0.1) is 0 Å². The molecule has 1 N–H and O–H groups in total. The number of amides is 1. The van der Waals surface area contributed by atoms with Gasteiger partial charge >= 0.3 is 0 Å². The summed E-state index contributed by atoms with van der Waals surface area (Å²) in [5.74, 6) is 0.558. The molecule has 0 aromatic rings. The van der Waals surface area contributed by atoms with E-state index in [1.807, 2.05) is 0 Å². The summed E-state index contributed by atoms with van der Waals surface area (Å²) < 4.78 is 0. The van der Waals surface area contributed by atoms with Crippen molar-refractivity contribution in [3.63, 3.8) is 0 Å². The van der Waals surface area contributed by atoms with E-state index in [1.165, 1.54) is 6.42 Å². The smallest absolute Gasteiger partial charge is 0.223 e. The third kappa shape index (κ3) is 7.37. The Morgan fingerprint density at radius 1 is 1.33 bits per heavy atom. The first-order valence-electron chi connectivity index (χ1n) is 6.04. The van der Waals surface area contributed by atoms with Gasteiger partial charge in [0, 0.05) is 12.5 Å². The second-order valence-corrected chi connectivity index (χ2v) is 4.29. The highest BCUT2D eigenvalue weighted by atomic mass is 16.1. The predicted molar refractivity (Wildman–Crippen MR) is 64.9 cm³/mol. The van der Waals surface area contributed by atoms with Crippen molar-refractivity contribution in [3.8, 4) is 0 Å². The van der Waals surface area contributed by atoms with E-state index in [0.717, 1.165) is 32.4 Å². The number of carbonyl (C=O) groups is 1. The van der Waals surface area contributed by atoms with Crippen LogP contribution in [-0.2, 0) is 4.79 Å². The highest BCUT2D eigenvalue weighted by Gasteiger charge is 2.17. The van der Waals surface area contributed by atoms with E-state index in [9.17, 15) is 4.79 Å². The standard InChI is InChI=1S/C8H15NO.C4H11N/c1-2-7-5-3-4-6-9-8(7)10;1-4-5(2)3/h7H,2-6H2,1H3,(H,9,10);4H2,1-3H3. The maximum absolute atomic E-state index is 11.1. The third-order valence-corrected chi connectivity index (χ3v) is 2.77. The van der Waals surface area contributed by atoms with Crippen molar-refractivity contribution in [1.82, 2.24) is 10.2 Å². The zero-order chi connectivity index (χ0) is 11.7. The van der Waals surface area contributed by atoms with Crippen LogP contribution in [0, 0.1) is 5.92 Å². The second-order valence-electron chi connectivity index (χ2n) is 4.29. The number of hydrogen-bond donors (Lipinski definition) is 1. The van der Waals surface area contributed by atoms with Crippen molar-refractivity contribution < 1.29 is 4.79 Å². The summed E-state index contributed by atoms with van der Waals surface area (Å²) in [6.45, 7) is 6.23. The number of carbonyl (C=O) groups excluding carboxylic acids is 1. The SMILES string of the molecule is CCC1CCCCNC1=O.CCN(C)C. The molecule has 1 unspecified atom stereocenters. The summed E-state index contributed by atoms with van der Waals surface area (Å²) in [6.07, 6.45) is 4.44. The summed E-state index contributed by atoms with van der Waals surface area (Å²) in [5, 5.41) is 2.91. The van der Waals surface area contributed by atoms with E-state index in [2.05, 4.69) is 38.2 Å². The van der Waals surface area contributed by atoms with Gasteiger partial charge in [0.1, 0.15) is 0 Å². The Bertz CT molecular complexity index is 169. The highest BCUT2D eigenvalue weighted by Crippen LogP contribution is 2.14. The maximum Gasteiger partial charge on any atom is 0.223 e. The van der Waals surface area contributed by atoms with E-state index < -0.39 is 0 Å². The molecule has 1 heterocycles. The highest BCUT2D eigenvalue weighted by molar-refractivity contribution is 5.78. The van der Waals surface area contributed by atoms with Gasteiger partial charge in [0.2, 0.25) is 5.91 Å². The first-order valence-corrected chi connectivity index (χ1v) is 6.04. The number of rotatable bonds is 2. The zero-order valence-corrected chi connectivity index (χ0v) is 10.7.